The van der Waals surface area contributed by atoms with Gasteiger partial charge in [0.2, 0.25) is 11.8 Å². The Bertz CT molecular complexity index is 1040. The molecule has 0 saturated carbocycles. The fourth-order valence-corrected chi connectivity index (χ4v) is 3.67. The van der Waals surface area contributed by atoms with Crippen molar-refractivity contribution in [1.82, 2.24) is 14.0 Å². The Morgan fingerprint density at radius 2 is 1.89 bits per heavy atom. The van der Waals surface area contributed by atoms with E-state index in [1.807, 2.05) is 47.6 Å². The maximum absolute atomic E-state index is 14.2. The molecule has 0 aliphatic heterocycles. The van der Waals surface area contributed by atoms with Crippen LogP contribution in [0.4, 0.5) is 4.39 Å². The first-order chi connectivity index (χ1) is 13.6. The second kappa shape index (κ2) is 8.85. The van der Waals surface area contributed by atoms with Crippen LogP contribution in [-0.4, -0.2) is 34.7 Å². The van der Waals surface area contributed by atoms with E-state index in [4.69, 9.17) is 0 Å². The highest BCUT2D eigenvalue weighted by atomic mass is 19.1. The molecule has 0 aliphatic carbocycles. The van der Waals surface area contributed by atoms with Crippen molar-refractivity contribution in [3.63, 3.8) is 0 Å². The standard InChI is InChI=1S/C22H26FN5/c1-4-13-27-20-11-10-18(23)15-21(20)28(22(27)25-16-24)19(12-14-26(2)3)17-8-6-5-7-9-17/h5-11,15,19H,4,12-14H2,1-3H3/t19-/m1/s1. The van der Waals surface area contributed by atoms with Crippen LogP contribution in [0.25, 0.3) is 11.0 Å². The minimum absolute atomic E-state index is 0.0573. The van der Waals surface area contributed by atoms with E-state index in [2.05, 4.69) is 28.9 Å². The third-order valence-electron chi connectivity index (χ3n) is 4.89. The fraction of sp³-hybridized carbons (Fsp3) is 0.364. The van der Waals surface area contributed by atoms with Crippen LogP contribution in [0, 0.1) is 17.3 Å². The Kier molecular flexibility index (Phi) is 6.27. The Morgan fingerprint density at radius 1 is 1.14 bits per heavy atom. The van der Waals surface area contributed by atoms with Gasteiger partial charge in [-0.2, -0.15) is 5.26 Å². The summed E-state index contributed by atoms with van der Waals surface area (Å²) in [5.41, 5.74) is 3.33. The number of hydrogen-bond donors (Lipinski definition) is 0. The first-order valence-corrected chi connectivity index (χ1v) is 9.59. The number of nitriles is 1. The van der Waals surface area contributed by atoms with Gasteiger partial charge in [0.1, 0.15) is 5.82 Å². The Labute approximate surface area is 165 Å². The maximum atomic E-state index is 14.2. The number of rotatable bonds is 7. The molecule has 6 heteroatoms. The summed E-state index contributed by atoms with van der Waals surface area (Å²) in [5.74, 6) is -0.294. The average Bonchev–Trinajstić information content (AvgIpc) is 2.96. The SMILES string of the molecule is CCCn1c(=NC#N)n([C@H](CCN(C)C)c2ccccc2)c2cc(F)ccc21. The summed E-state index contributed by atoms with van der Waals surface area (Å²) in [6.45, 7) is 3.65. The van der Waals surface area contributed by atoms with E-state index in [9.17, 15) is 9.65 Å². The molecule has 146 valence electrons. The van der Waals surface area contributed by atoms with Gasteiger partial charge in [0.15, 0.2) is 0 Å². The first kappa shape index (κ1) is 19.8. The van der Waals surface area contributed by atoms with Crippen LogP contribution in [0.3, 0.4) is 0 Å². The van der Waals surface area contributed by atoms with Crippen molar-refractivity contribution < 1.29 is 4.39 Å². The van der Waals surface area contributed by atoms with Gasteiger partial charge < -0.3 is 14.0 Å². The van der Waals surface area contributed by atoms with Crippen LogP contribution in [0.1, 0.15) is 31.4 Å². The molecule has 0 bridgehead atoms. The van der Waals surface area contributed by atoms with Crippen molar-refractivity contribution in [2.45, 2.75) is 32.4 Å². The van der Waals surface area contributed by atoms with Gasteiger partial charge >= 0.3 is 0 Å². The molecule has 0 saturated heterocycles. The van der Waals surface area contributed by atoms with Crippen LogP contribution < -0.4 is 5.62 Å². The van der Waals surface area contributed by atoms with Crippen LogP contribution in [-0.2, 0) is 6.54 Å². The number of fused-ring (bicyclic) bond motifs is 1. The van der Waals surface area contributed by atoms with Crippen molar-refractivity contribution in [3.05, 3.63) is 65.5 Å². The van der Waals surface area contributed by atoms with E-state index in [-0.39, 0.29) is 11.9 Å². The predicted molar refractivity (Wildman–Crippen MR) is 109 cm³/mol. The zero-order valence-electron chi connectivity index (χ0n) is 16.6. The molecule has 1 aromatic heterocycles. The third-order valence-corrected chi connectivity index (χ3v) is 4.89. The summed E-state index contributed by atoms with van der Waals surface area (Å²) < 4.78 is 18.2. The lowest BCUT2D eigenvalue weighted by molar-refractivity contribution is 0.364. The summed E-state index contributed by atoms with van der Waals surface area (Å²) in [6.07, 6.45) is 3.66. The molecule has 0 fully saturated rings. The van der Waals surface area contributed by atoms with E-state index >= 15 is 0 Å². The minimum atomic E-state index is -0.294. The van der Waals surface area contributed by atoms with Crippen molar-refractivity contribution >= 4 is 11.0 Å². The molecule has 1 atom stereocenters. The second-order valence-corrected chi connectivity index (χ2v) is 7.18. The number of aryl methyl sites for hydroxylation is 1. The fourth-order valence-electron chi connectivity index (χ4n) is 3.67. The molecule has 0 aliphatic rings. The van der Waals surface area contributed by atoms with Crippen molar-refractivity contribution in [3.8, 4) is 6.19 Å². The number of imidazole rings is 1. The zero-order chi connectivity index (χ0) is 20.1. The molecule has 28 heavy (non-hydrogen) atoms. The summed E-state index contributed by atoms with van der Waals surface area (Å²) in [6, 6.07) is 14.9. The normalized spacial score (nSPS) is 13.2. The molecule has 0 amide bonds. The summed E-state index contributed by atoms with van der Waals surface area (Å²) in [7, 11) is 4.07. The van der Waals surface area contributed by atoms with Crippen molar-refractivity contribution in [1.29, 1.82) is 5.26 Å². The van der Waals surface area contributed by atoms with E-state index < -0.39 is 0 Å². The number of halogens is 1. The molecule has 3 rings (SSSR count). The zero-order valence-corrected chi connectivity index (χ0v) is 16.6. The third kappa shape index (κ3) is 4.00. The Morgan fingerprint density at radius 3 is 2.54 bits per heavy atom. The number of benzene rings is 2. The van der Waals surface area contributed by atoms with Crippen LogP contribution in [0.15, 0.2) is 53.5 Å². The number of hydrogen-bond acceptors (Lipinski definition) is 3. The molecule has 5 nitrogen and oxygen atoms in total. The summed E-state index contributed by atoms with van der Waals surface area (Å²) in [4.78, 5) is 6.29. The van der Waals surface area contributed by atoms with Crippen LogP contribution in [0.2, 0.25) is 0 Å². The number of aromatic nitrogens is 2. The molecular weight excluding hydrogens is 353 g/mol. The highest BCUT2D eigenvalue weighted by Crippen LogP contribution is 2.26. The summed E-state index contributed by atoms with van der Waals surface area (Å²) in [5, 5.41) is 9.36. The van der Waals surface area contributed by atoms with Gasteiger partial charge in [-0.25, -0.2) is 4.39 Å². The first-order valence-electron chi connectivity index (χ1n) is 9.59. The van der Waals surface area contributed by atoms with Gasteiger partial charge in [0.25, 0.3) is 0 Å². The van der Waals surface area contributed by atoms with Gasteiger partial charge in [-0.1, -0.05) is 37.3 Å². The monoisotopic (exact) mass is 379 g/mol. The molecule has 3 aromatic rings. The average molecular weight is 379 g/mol. The molecule has 2 aromatic carbocycles. The largest absolute Gasteiger partial charge is 0.309 e. The quantitative estimate of drug-likeness (QED) is 0.584. The lowest BCUT2D eigenvalue weighted by Gasteiger charge is -2.22. The summed E-state index contributed by atoms with van der Waals surface area (Å²) >= 11 is 0. The molecule has 0 unspecified atom stereocenters. The van der Waals surface area contributed by atoms with Crippen molar-refractivity contribution in [2.75, 3.05) is 20.6 Å². The van der Waals surface area contributed by atoms with E-state index in [0.29, 0.717) is 12.2 Å². The van der Waals surface area contributed by atoms with Crippen molar-refractivity contribution in [2.24, 2.45) is 4.99 Å². The van der Waals surface area contributed by atoms with Crippen LogP contribution >= 0.6 is 0 Å². The van der Waals surface area contributed by atoms with Gasteiger partial charge in [-0.15, -0.1) is 4.99 Å². The van der Waals surface area contributed by atoms with Gasteiger partial charge in [0, 0.05) is 6.54 Å². The molecular formula is C22H26FN5. The Hall–Kier alpha value is -2.91. The second-order valence-electron chi connectivity index (χ2n) is 7.18. The van der Waals surface area contributed by atoms with Gasteiger partial charge in [-0.05, 0) is 57.2 Å². The van der Waals surface area contributed by atoms with Gasteiger partial charge in [0.05, 0.1) is 17.1 Å². The van der Waals surface area contributed by atoms with E-state index in [1.165, 1.54) is 6.07 Å². The number of nitrogens with zero attached hydrogens (tertiary/aromatic N) is 5. The highest BCUT2D eigenvalue weighted by molar-refractivity contribution is 5.76. The van der Waals surface area contributed by atoms with Crippen LogP contribution in [0.5, 0.6) is 0 Å². The topological polar surface area (TPSA) is 49.2 Å². The molecule has 0 spiro atoms. The maximum Gasteiger partial charge on any atom is 0.222 e. The minimum Gasteiger partial charge on any atom is -0.309 e. The van der Waals surface area contributed by atoms with Gasteiger partial charge in [-0.3, -0.25) is 0 Å². The molecule has 0 N–H and O–H groups in total. The lowest BCUT2D eigenvalue weighted by atomic mass is 10.0. The van der Waals surface area contributed by atoms with E-state index in [1.54, 1.807) is 12.1 Å². The Balaban J connectivity index is 2.34. The molecule has 0 radical (unpaired) electrons. The highest BCUT2D eigenvalue weighted by Gasteiger charge is 2.21. The van der Waals surface area contributed by atoms with E-state index in [0.717, 1.165) is 36.0 Å². The lowest BCUT2D eigenvalue weighted by Crippen LogP contribution is -2.31. The predicted octanol–water partition coefficient (Wildman–Crippen LogP) is 3.91. The smallest absolute Gasteiger partial charge is 0.222 e. The molecule has 1 heterocycles.